The van der Waals surface area contributed by atoms with Crippen LogP contribution in [-0.4, -0.2) is 93.6 Å². The molecule has 1 aromatic rings. The highest BCUT2D eigenvalue weighted by Crippen LogP contribution is 2.64. The molecule has 8 heteroatoms. The molecular formula is C33H47N3O5. The van der Waals surface area contributed by atoms with Gasteiger partial charge in [-0.25, -0.2) is 0 Å². The number of amides is 3. The van der Waals surface area contributed by atoms with E-state index in [1.165, 1.54) is 0 Å². The largest absolute Gasteiger partial charge is 0.394 e. The fourth-order valence-corrected chi connectivity index (χ4v) is 7.43. The number of aliphatic hydroxyl groups excluding tert-OH is 1. The van der Waals surface area contributed by atoms with E-state index in [4.69, 9.17) is 4.74 Å². The van der Waals surface area contributed by atoms with Gasteiger partial charge >= 0.3 is 0 Å². The van der Waals surface area contributed by atoms with Gasteiger partial charge in [0.2, 0.25) is 17.7 Å². The predicted molar refractivity (Wildman–Crippen MR) is 159 cm³/mol. The summed E-state index contributed by atoms with van der Waals surface area (Å²) in [5.74, 6) is -2.11. The summed E-state index contributed by atoms with van der Waals surface area (Å²) < 4.78 is 6.83. The summed E-state index contributed by atoms with van der Waals surface area (Å²) in [6.07, 6.45) is 7.39. The first kappa shape index (κ1) is 31.0. The molecule has 6 atom stereocenters. The van der Waals surface area contributed by atoms with Crippen LogP contribution in [0.3, 0.4) is 0 Å². The number of hydrogen-bond acceptors (Lipinski definition) is 5. The van der Waals surface area contributed by atoms with Crippen molar-refractivity contribution in [3.05, 3.63) is 61.2 Å². The first-order valence-corrected chi connectivity index (χ1v) is 15.2. The van der Waals surface area contributed by atoms with E-state index in [1.807, 2.05) is 44.2 Å². The van der Waals surface area contributed by atoms with E-state index in [1.54, 1.807) is 26.9 Å². The Labute approximate surface area is 245 Å². The van der Waals surface area contributed by atoms with Crippen molar-refractivity contribution >= 4 is 17.7 Å². The van der Waals surface area contributed by atoms with E-state index in [0.717, 1.165) is 24.8 Å². The molecule has 0 aliphatic carbocycles. The molecule has 1 spiro atoms. The second-order valence-electron chi connectivity index (χ2n) is 12.0. The molecule has 0 radical (unpaired) electrons. The first-order valence-electron chi connectivity index (χ1n) is 15.2. The number of benzene rings is 1. The van der Waals surface area contributed by atoms with Gasteiger partial charge in [-0.2, -0.15) is 0 Å². The van der Waals surface area contributed by atoms with Crippen molar-refractivity contribution in [1.29, 1.82) is 0 Å². The van der Waals surface area contributed by atoms with E-state index in [-0.39, 0.29) is 24.3 Å². The molecule has 3 heterocycles. The number of ether oxygens (including phenoxy) is 1. The minimum atomic E-state index is -1.13. The fourth-order valence-electron chi connectivity index (χ4n) is 7.43. The lowest BCUT2D eigenvalue weighted by atomic mass is 9.66. The Balaban J connectivity index is 1.81. The van der Waals surface area contributed by atoms with Gasteiger partial charge < -0.3 is 24.5 Å². The Morgan fingerprint density at radius 1 is 1.07 bits per heavy atom. The van der Waals surface area contributed by atoms with Crippen molar-refractivity contribution in [3.8, 4) is 0 Å². The lowest BCUT2D eigenvalue weighted by Crippen LogP contribution is -2.59. The van der Waals surface area contributed by atoms with Crippen LogP contribution in [0.5, 0.6) is 0 Å². The zero-order valence-corrected chi connectivity index (χ0v) is 25.0. The lowest BCUT2D eigenvalue weighted by Gasteiger charge is -2.39. The summed E-state index contributed by atoms with van der Waals surface area (Å²) in [4.78, 5) is 48.4. The second kappa shape index (κ2) is 12.9. The molecule has 2 unspecified atom stereocenters. The van der Waals surface area contributed by atoms with Gasteiger partial charge in [-0.3, -0.25) is 14.4 Å². The van der Waals surface area contributed by atoms with Crippen molar-refractivity contribution in [1.82, 2.24) is 14.7 Å². The standard InChI is InChI=1S/C33H47N3O5/c1-6-10-21-35(20-9-4)31(40)28-33-17-16-32(5,41-33)26(29(38)34(18-7-2)19-8-3)27(33)30(39)36(28)25(23-37)22-24-14-12-11-13-15-24/h7,9,11-15,25-28,37H,2,4,6,8,10,16-23H2,1,3,5H3/t25-,26+,27+,28?,32-,33?/m1/s1. The highest BCUT2D eigenvalue weighted by atomic mass is 16.5. The quantitative estimate of drug-likeness (QED) is 0.328. The van der Waals surface area contributed by atoms with Gasteiger partial charge in [-0.05, 0) is 44.6 Å². The summed E-state index contributed by atoms with van der Waals surface area (Å²) >= 11 is 0. The summed E-state index contributed by atoms with van der Waals surface area (Å²) in [5.41, 5.74) is -1.03. The molecule has 3 aliphatic heterocycles. The number of hydrogen-bond donors (Lipinski definition) is 1. The molecule has 8 nitrogen and oxygen atoms in total. The van der Waals surface area contributed by atoms with Gasteiger partial charge in [0.05, 0.1) is 30.1 Å². The Kier molecular flexibility index (Phi) is 9.75. The van der Waals surface area contributed by atoms with Crippen molar-refractivity contribution < 1.29 is 24.2 Å². The zero-order valence-electron chi connectivity index (χ0n) is 25.0. The molecule has 3 saturated heterocycles. The summed E-state index contributed by atoms with van der Waals surface area (Å²) in [5, 5.41) is 10.7. The van der Waals surface area contributed by atoms with Crippen LogP contribution in [0.25, 0.3) is 0 Å². The number of fused-ring (bicyclic) bond motifs is 1. The molecule has 3 aliphatic rings. The molecule has 0 aromatic heterocycles. The molecule has 224 valence electrons. The van der Waals surface area contributed by atoms with Gasteiger partial charge in [-0.15, -0.1) is 13.2 Å². The van der Waals surface area contributed by atoms with Gasteiger partial charge in [0.15, 0.2) is 0 Å². The first-order chi connectivity index (χ1) is 19.7. The maximum absolute atomic E-state index is 14.6. The maximum atomic E-state index is 14.6. The predicted octanol–water partition coefficient (Wildman–Crippen LogP) is 3.59. The van der Waals surface area contributed by atoms with Crippen molar-refractivity contribution in [2.24, 2.45) is 11.8 Å². The summed E-state index contributed by atoms with van der Waals surface area (Å²) in [6, 6.07) is 8.10. The third-order valence-corrected chi connectivity index (χ3v) is 9.23. The van der Waals surface area contributed by atoms with Gasteiger partial charge in [0, 0.05) is 26.2 Å². The molecule has 1 aromatic carbocycles. The highest BCUT2D eigenvalue weighted by Gasteiger charge is 2.78. The fraction of sp³-hybridized carbons (Fsp3) is 0.606. The number of nitrogens with zero attached hydrogens (tertiary/aromatic N) is 3. The molecule has 4 rings (SSSR count). The SMILES string of the molecule is C=CCN(CCCC)C(=O)C1N([C@@H](CO)Cc2ccccc2)C(=O)[C@@H]2[C@@H](C(=O)N(CC=C)CCC)[C@@]3(C)CCC12O3. The van der Waals surface area contributed by atoms with Crippen LogP contribution >= 0.6 is 0 Å². The van der Waals surface area contributed by atoms with E-state index in [9.17, 15) is 19.5 Å². The molecule has 0 saturated carbocycles. The van der Waals surface area contributed by atoms with Crippen LogP contribution in [-0.2, 0) is 25.5 Å². The summed E-state index contributed by atoms with van der Waals surface area (Å²) in [7, 11) is 0. The van der Waals surface area contributed by atoms with Crippen LogP contribution in [0.4, 0.5) is 0 Å². The van der Waals surface area contributed by atoms with E-state index >= 15 is 0 Å². The van der Waals surface area contributed by atoms with Gasteiger partial charge in [-0.1, -0.05) is 62.8 Å². The summed E-state index contributed by atoms with van der Waals surface area (Å²) in [6.45, 7) is 15.2. The third-order valence-electron chi connectivity index (χ3n) is 9.23. The van der Waals surface area contributed by atoms with Gasteiger partial charge in [0.1, 0.15) is 11.6 Å². The van der Waals surface area contributed by atoms with E-state index < -0.39 is 35.1 Å². The maximum Gasteiger partial charge on any atom is 0.248 e. The Morgan fingerprint density at radius 2 is 1.73 bits per heavy atom. The number of carbonyl (C=O) groups excluding carboxylic acids is 3. The molecule has 3 fully saturated rings. The van der Waals surface area contributed by atoms with Crippen LogP contribution in [0.2, 0.25) is 0 Å². The second-order valence-corrected chi connectivity index (χ2v) is 12.0. The average molecular weight is 566 g/mol. The van der Waals surface area contributed by atoms with Crippen LogP contribution in [0.1, 0.15) is 58.4 Å². The van der Waals surface area contributed by atoms with Crippen molar-refractivity contribution in [2.75, 3.05) is 32.8 Å². The van der Waals surface area contributed by atoms with Crippen LogP contribution in [0.15, 0.2) is 55.6 Å². The number of aliphatic hydroxyl groups is 1. The topological polar surface area (TPSA) is 90.4 Å². The number of unbranched alkanes of at least 4 members (excludes halogenated alkanes) is 1. The highest BCUT2D eigenvalue weighted by molar-refractivity contribution is 5.99. The van der Waals surface area contributed by atoms with E-state index in [2.05, 4.69) is 20.1 Å². The van der Waals surface area contributed by atoms with E-state index in [0.29, 0.717) is 45.4 Å². The molecule has 41 heavy (non-hydrogen) atoms. The lowest BCUT2D eigenvalue weighted by molar-refractivity contribution is -0.156. The number of rotatable bonds is 15. The zero-order chi connectivity index (χ0) is 29.8. The minimum Gasteiger partial charge on any atom is -0.394 e. The third kappa shape index (κ3) is 5.48. The molecule has 2 bridgehead atoms. The van der Waals surface area contributed by atoms with Gasteiger partial charge in [0.25, 0.3) is 0 Å². The van der Waals surface area contributed by atoms with Crippen molar-refractivity contribution in [2.45, 2.75) is 82.6 Å². The Bertz CT molecular complexity index is 1130. The van der Waals surface area contributed by atoms with Crippen molar-refractivity contribution in [3.63, 3.8) is 0 Å². The van der Waals surface area contributed by atoms with Crippen LogP contribution < -0.4 is 0 Å². The van der Waals surface area contributed by atoms with Crippen LogP contribution in [0, 0.1) is 11.8 Å². The monoisotopic (exact) mass is 565 g/mol. The Morgan fingerprint density at radius 3 is 2.32 bits per heavy atom. The number of carbonyl (C=O) groups is 3. The average Bonchev–Trinajstić information content (AvgIpc) is 3.54. The Hall–Kier alpha value is -2.97. The minimum absolute atomic E-state index is 0.125. The molecular weight excluding hydrogens is 518 g/mol. The smallest absolute Gasteiger partial charge is 0.248 e. The molecule has 1 N–H and O–H groups in total. The normalized spacial score (nSPS) is 28.8. The molecule has 3 amide bonds. The number of likely N-dealkylation sites (tertiary alicyclic amines) is 1.